The highest BCUT2D eigenvalue weighted by Gasteiger charge is 2.24. The second kappa shape index (κ2) is 7.53. The van der Waals surface area contributed by atoms with Crippen LogP contribution in [-0.2, 0) is 16.4 Å². The zero-order valence-electron chi connectivity index (χ0n) is 15.9. The van der Waals surface area contributed by atoms with Gasteiger partial charge < -0.3 is 0 Å². The largest absolute Gasteiger partial charge is 0.295 e. The van der Waals surface area contributed by atoms with Crippen LogP contribution in [0.3, 0.4) is 0 Å². The number of thiazole rings is 1. The Hall–Kier alpha value is -2.84. The second-order valence-electron chi connectivity index (χ2n) is 7.16. The van der Waals surface area contributed by atoms with Gasteiger partial charge in [0.1, 0.15) is 0 Å². The predicted molar refractivity (Wildman–Crippen MR) is 114 cm³/mol. The first-order valence-corrected chi connectivity index (χ1v) is 11.4. The molecule has 0 bridgehead atoms. The van der Waals surface area contributed by atoms with E-state index in [1.807, 2.05) is 6.07 Å². The molecule has 0 N–H and O–H groups in total. The molecule has 1 aromatic carbocycles. The average molecular weight is 426 g/mol. The van der Waals surface area contributed by atoms with E-state index >= 15 is 0 Å². The molecule has 0 fully saturated rings. The zero-order valence-corrected chi connectivity index (χ0v) is 17.6. The number of fused-ring (bicyclic) bond motifs is 1. The van der Waals surface area contributed by atoms with Gasteiger partial charge in [-0.15, -0.1) is 11.3 Å². The standard InChI is InChI=1S/C21H19N3O3S2/c1-14(2)8-15-9-17-18(19-13-28-20(12-25)23-19)11-24(21(17)22-10-15)29(26,27)16-6-4-3-5-7-16/h3-7,9-14H,8H2,1-2H3. The molecule has 0 aliphatic rings. The van der Waals surface area contributed by atoms with Crippen molar-refractivity contribution in [3.63, 3.8) is 0 Å². The fraction of sp³-hybridized carbons (Fsp3) is 0.190. The normalized spacial score (nSPS) is 12.0. The Kier molecular flexibility index (Phi) is 5.06. The first-order chi connectivity index (χ1) is 13.9. The van der Waals surface area contributed by atoms with Crippen molar-refractivity contribution in [3.8, 4) is 11.3 Å². The predicted octanol–water partition coefficient (Wildman–Crippen LogP) is 4.41. The van der Waals surface area contributed by atoms with E-state index in [9.17, 15) is 13.2 Å². The summed E-state index contributed by atoms with van der Waals surface area (Å²) in [6.07, 6.45) is 4.79. The number of carbonyl (C=O) groups excluding carboxylic acids is 1. The van der Waals surface area contributed by atoms with Crippen LogP contribution < -0.4 is 0 Å². The average Bonchev–Trinajstić information content (AvgIpc) is 3.32. The molecule has 3 heterocycles. The van der Waals surface area contributed by atoms with Crippen LogP contribution in [0.4, 0.5) is 0 Å². The number of benzene rings is 1. The fourth-order valence-corrected chi connectivity index (χ4v) is 5.23. The van der Waals surface area contributed by atoms with Gasteiger partial charge in [-0.3, -0.25) is 4.79 Å². The van der Waals surface area contributed by atoms with Crippen molar-refractivity contribution in [2.75, 3.05) is 0 Å². The number of nitrogens with zero attached hydrogens (tertiary/aromatic N) is 3. The topological polar surface area (TPSA) is 81.9 Å². The summed E-state index contributed by atoms with van der Waals surface area (Å²) in [4.78, 5) is 20.1. The number of aromatic nitrogens is 3. The maximum Gasteiger partial charge on any atom is 0.269 e. The number of hydrogen-bond acceptors (Lipinski definition) is 6. The maximum absolute atomic E-state index is 13.3. The Balaban J connectivity index is 1.97. The summed E-state index contributed by atoms with van der Waals surface area (Å²) in [7, 11) is -3.83. The first kappa shape index (κ1) is 19.5. The highest BCUT2D eigenvalue weighted by atomic mass is 32.2. The van der Waals surface area contributed by atoms with Crippen molar-refractivity contribution in [2.45, 2.75) is 25.2 Å². The van der Waals surface area contributed by atoms with Gasteiger partial charge in [0, 0.05) is 28.7 Å². The third-order valence-electron chi connectivity index (χ3n) is 4.51. The van der Waals surface area contributed by atoms with Gasteiger partial charge in [-0.25, -0.2) is 22.4 Å². The van der Waals surface area contributed by atoms with Crippen LogP contribution >= 0.6 is 11.3 Å². The van der Waals surface area contributed by atoms with Crippen molar-refractivity contribution < 1.29 is 13.2 Å². The maximum atomic E-state index is 13.3. The van der Waals surface area contributed by atoms with Gasteiger partial charge in [-0.2, -0.15) is 0 Å². The first-order valence-electron chi connectivity index (χ1n) is 9.12. The van der Waals surface area contributed by atoms with E-state index in [0.29, 0.717) is 39.5 Å². The van der Waals surface area contributed by atoms with E-state index in [2.05, 4.69) is 23.8 Å². The number of pyridine rings is 1. The van der Waals surface area contributed by atoms with Crippen LogP contribution in [0, 0.1) is 5.92 Å². The van der Waals surface area contributed by atoms with Crippen molar-refractivity contribution in [1.82, 2.24) is 13.9 Å². The second-order valence-corrected chi connectivity index (χ2v) is 9.86. The molecule has 29 heavy (non-hydrogen) atoms. The Labute approximate surface area is 172 Å². The van der Waals surface area contributed by atoms with Crippen molar-refractivity contribution in [2.24, 2.45) is 5.92 Å². The lowest BCUT2D eigenvalue weighted by atomic mass is 10.0. The molecular formula is C21H19N3O3S2. The van der Waals surface area contributed by atoms with E-state index in [1.54, 1.807) is 48.1 Å². The van der Waals surface area contributed by atoms with Crippen LogP contribution in [0.2, 0.25) is 0 Å². The fourth-order valence-electron chi connectivity index (χ4n) is 3.26. The van der Waals surface area contributed by atoms with Crippen LogP contribution in [0.1, 0.15) is 29.2 Å². The summed E-state index contributed by atoms with van der Waals surface area (Å²) in [5.41, 5.74) is 2.57. The molecule has 0 atom stereocenters. The van der Waals surface area contributed by atoms with E-state index in [-0.39, 0.29) is 4.90 Å². The van der Waals surface area contributed by atoms with E-state index in [0.717, 1.165) is 12.0 Å². The lowest BCUT2D eigenvalue weighted by molar-refractivity contribution is 0.112. The van der Waals surface area contributed by atoms with Gasteiger partial charge in [0.15, 0.2) is 16.9 Å². The van der Waals surface area contributed by atoms with Crippen LogP contribution in [0.15, 0.2) is 59.1 Å². The zero-order chi connectivity index (χ0) is 20.6. The lowest BCUT2D eigenvalue weighted by Gasteiger charge is -2.08. The van der Waals surface area contributed by atoms with E-state index in [4.69, 9.17) is 0 Å². The van der Waals surface area contributed by atoms with Gasteiger partial charge >= 0.3 is 0 Å². The smallest absolute Gasteiger partial charge is 0.269 e. The Morgan fingerprint density at radius 3 is 2.62 bits per heavy atom. The minimum absolute atomic E-state index is 0.184. The highest BCUT2D eigenvalue weighted by molar-refractivity contribution is 7.90. The number of carbonyl (C=O) groups is 1. The molecule has 4 rings (SSSR count). The molecule has 0 aliphatic heterocycles. The third-order valence-corrected chi connectivity index (χ3v) is 6.95. The molecule has 8 heteroatoms. The molecule has 6 nitrogen and oxygen atoms in total. The third kappa shape index (κ3) is 3.61. The molecule has 3 aromatic heterocycles. The van der Waals surface area contributed by atoms with E-state index < -0.39 is 10.0 Å². The summed E-state index contributed by atoms with van der Waals surface area (Å²) >= 11 is 1.22. The summed E-state index contributed by atoms with van der Waals surface area (Å²) < 4.78 is 27.7. The lowest BCUT2D eigenvalue weighted by Crippen LogP contribution is -2.12. The van der Waals surface area contributed by atoms with Crippen molar-refractivity contribution in [3.05, 3.63) is 64.7 Å². The molecule has 0 saturated heterocycles. The minimum Gasteiger partial charge on any atom is -0.295 e. The van der Waals surface area contributed by atoms with Crippen molar-refractivity contribution in [1.29, 1.82) is 0 Å². The summed E-state index contributed by atoms with van der Waals surface area (Å²) in [6.45, 7) is 4.24. The summed E-state index contributed by atoms with van der Waals surface area (Å²) in [5.74, 6) is 0.439. The number of hydrogen-bond donors (Lipinski definition) is 0. The van der Waals surface area contributed by atoms with Crippen molar-refractivity contribution >= 4 is 38.7 Å². The van der Waals surface area contributed by atoms with Crippen LogP contribution in [0.5, 0.6) is 0 Å². The molecule has 4 aromatic rings. The minimum atomic E-state index is -3.83. The molecular weight excluding hydrogens is 406 g/mol. The molecule has 0 unspecified atom stereocenters. The van der Waals surface area contributed by atoms with Gasteiger partial charge in [0.05, 0.1) is 10.6 Å². The highest BCUT2D eigenvalue weighted by Crippen LogP contribution is 2.33. The number of aldehydes is 1. The molecule has 0 radical (unpaired) electrons. The Bertz CT molecular complexity index is 1290. The van der Waals surface area contributed by atoms with Gasteiger partial charge in [-0.1, -0.05) is 32.0 Å². The Morgan fingerprint density at radius 1 is 1.21 bits per heavy atom. The van der Waals surface area contributed by atoms with Gasteiger partial charge in [0.2, 0.25) is 0 Å². The van der Waals surface area contributed by atoms with Gasteiger partial charge in [0.25, 0.3) is 10.0 Å². The SMILES string of the molecule is CC(C)Cc1cnc2c(c1)c(-c1csc(C=O)n1)cn2S(=O)(=O)c1ccccc1. The van der Waals surface area contributed by atoms with E-state index in [1.165, 1.54) is 15.3 Å². The summed E-state index contributed by atoms with van der Waals surface area (Å²) in [5, 5.41) is 2.80. The quantitative estimate of drug-likeness (QED) is 0.428. The monoisotopic (exact) mass is 425 g/mol. The molecule has 0 spiro atoms. The molecule has 0 saturated carbocycles. The van der Waals surface area contributed by atoms with Crippen LogP contribution in [0.25, 0.3) is 22.3 Å². The molecule has 0 aliphatic carbocycles. The Morgan fingerprint density at radius 2 is 1.97 bits per heavy atom. The summed E-state index contributed by atoms with van der Waals surface area (Å²) in [6, 6.07) is 10.2. The molecule has 0 amide bonds. The van der Waals surface area contributed by atoms with Crippen LogP contribution in [-0.4, -0.2) is 28.6 Å². The molecule has 148 valence electrons. The van der Waals surface area contributed by atoms with Gasteiger partial charge in [-0.05, 0) is 36.1 Å². The number of rotatable bonds is 6.